The van der Waals surface area contributed by atoms with Gasteiger partial charge in [-0.1, -0.05) is 26.0 Å². The van der Waals surface area contributed by atoms with Crippen LogP contribution in [0.1, 0.15) is 40.3 Å². The van der Waals surface area contributed by atoms with Crippen LogP contribution in [0, 0.1) is 5.92 Å². The molecule has 2 rings (SSSR count). The summed E-state index contributed by atoms with van der Waals surface area (Å²) in [6.45, 7) is 4.01. The first-order valence-corrected chi connectivity index (χ1v) is 8.33. The molecule has 1 heterocycles. The molecule has 0 aliphatic carbocycles. The van der Waals surface area contributed by atoms with Gasteiger partial charge in [0.15, 0.2) is 5.76 Å². The predicted octanol–water partition coefficient (Wildman–Crippen LogP) is 2.09. The first-order valence-electron chi connectivity index (χ1n) is 8.33. The van der Waals surface area contributed by atoms with Gasteiger partial charge in [-0.3, -0.25) is 9.59 Å². The summed E-state index contributed by atoms with van der Waals surface area (Å²) in [5.74, 6) is -1.69. The van der Waals surface area contributed by atoms with Crippen molar-refractivity contribution in [2.24, 2.45) is 5.92 Å². The van der Waals surface area contributed by atoms with Gasteiger partial charge >= 0.3 is 5.97 Å². The number of hydrogen-bond donors (Lipinski definition) is 3. The Morgan fingerprint density at radius 3 is 2.54 bits per heavy atom. The van der Waals surface area contributed by atoms with Gasteiger partial charge in [-0.15, -0.1) is 0 Å². The van der Waals surface area contributed by atoms with E-state index in [1.165, 1.54) is 18.4 Å². The van der Waals surface area contributed by atoms with E-state index in [9.17, 15) is 14.4 Å². The van der Waals surface area contributed by atoms with Gasteiger partial charge in [0.2, 0.25) is 5.91 Å². The second-order valence-corrected chi connectivity index (χ2v) is 6.22. The van der Waals surface area contributed by atoms with Gasteiger partial charge in [-0.05, 0) is 42.2 Å². The van der Waals surface area contributed by atoms with Gasteiger partial charge in [0.1, 0.15) is 6.04 Å². The molecule has 26 heavy (non-hydrogen) atoms. The number of furan rings is 1. The Morgan fingerprint density at radius 2 is 1.92 bits per heavy atom. The number of nitrogens with one attached hydrogen (secondary N) is 2. The van der Waals surface area contributed by atoms with E-state index in [1.54, 1.807) is 24.3 Å². The average molecular weight is 358 g/mol. The first kappa shape index (κ1) is 19.2. The number of aromatic carboxylic acids is 1. The molecule has 2 aromatic rings. The fourth-order valence-electron chi connectivity index (χ4n) is 2.45. The van der Waals surface area contributed by atoms with Crippen LogP contribution in [0.5, 0.6) is 0 Å². The molecule has 0 fully saturated rings. The zero-order valence-electron chi connectivity index (χ0n) is 14.7. The number of carboxylic acids is 1. The lowest BCUT2D eigenvalue weighted by molar-refractivity contribution is -0.123. The maximum Gasteiger partial charge on any atom is 0.335 e. The highest BCUT2D eigenvalue weighted by atomic mass is 16.4. The molecule has 1 atom stereocenters. The molecule has 0 radical (unpaired) electrons. The van der Waals surface area contributed by atoms with Gasteiger partial charge in [0.05, 0.1) is 11.8 Å². The molecule has 0 bridgehead atoms. The molecule has 0 saturated carbocycles. The quantitative estimate of drug-likeness (QED) is 0.669. The summed E-state index contributed by atoms with van der Waals surface area (Å²) in [6.07, 6.45) is 1.88. The van der Waals surface area contributed by atoms with Crippen LogP contribution in [0.4, 0.5) is 0 Å². The lowest BCUT2D eigenvalue weighted by Crippen LogP contribution is -2.50. The van der Waals surface area contributed by atoms with Crippen LogP contribution < -0.4 is 10.6 Å². The molecule has 0 saturated heterocycles. The summed E-state index contributed by atoms with van der Waals surface area (Å²) in [6, 6.07) is 9.00. The van der Waals surface area contributed by atoms with Crippen LogP contribution in [-0.4, -0.2) is 35.5 Å². The fourth-order valence-corrected chi connectivity index (χ4v) is 2.45. The normalized spacial score (nSPS) is 11.8. The highest BCUT2D eigenvalue weighted by molar-refractivity contribution is 5.95. The molecule has 0 aliphatic rings. The molecule has 3 N–H and O–H groups in total. The van der Waals surface area contributed by atoms with E-state index in [0.717, 1.165) is 5.56 Å². The SMILES string of the molecule is CC(C)C(NC(=O)c1ccco1)C(=O)NCCc1cccc(C(=O)O)c1. The molecule has 0 aliphatic heterocycles. The van der Waals surface area contributed by atoms with Gasteiger partial charge in [0.25, 0.3) is 5.91 Å². The predicted molar refractivity (Wildman–Crippen MR) is 94.9 cm³/mol. The van der Waals surface area contributed by atoms with Gasteiger partial charge in [-0.25, -0.2) is 4.79 Å². The van der Waals surface area contributed by atoms with Crippen molar-refractivity contribution >= 4 is 17.8 Å². The summed E-state index contributed by atoms with van der Waals surface area (Å²) in [5, 5.41) is 14.5. The minimum atomic E-state index is -0.989. The number of carbonyl (C=O) groups is 3. The topological polar surface area (TPSA) is 109 Å². The zero-order valence-corrected chi connectivity index (χ0v) is 14.7. The van der Waals surface area contributed by atoms with E-state index in [2.05, 4.69) is 10.6 Å². The second-order valence-electron chi connectivity index (χ2n) is 6.22. The highest BCUT2D eigenvalue weighted by Gasteiger charge is 2.25. The number of rotatable bonds is 8. The third-order valence-electron chi connectivity index (χ3n) is 3.87. The molecular formula is C19H22N2O5. The zero-order chi connectivity index (χ0) is 19.1. The molecule has 1 aromatic carbocycles. The standard InChI is InChI=1S/C19H22N2O5/c1-12(2)16(21-17(22)15-7-4-10-26-15)18(23)20-9-8-13-5-3-6-14(11-13)19(24)25/h3-7,10-12,16H,8-9H2,1-2H3,(H,20,23)(H,21,22)(H,24,25). The molecule has 138 valence electrons. The fraction of sp³-hybridized carbons (Fsp3) is 0.316. The highest BCUT2D eigenvalue weighted by Crippen LogP contribution is 2.08. The maximum absolute atomic E-state index is 12.4. The monoisotopic (exact) mass is 358 g/mol. The van der Waals surface area contributed by atoms with Crippen molar-refractivity contribution in [1.29, 1.82) is 0 Å². The summed E-state index contributed by atoms with van der Waals surface area (Å²) >= 11 is 0. The Balaban J connectivity index is 1.90. The van der Waals surface area contributed by atoms with Gasteiger partial charge in [-0.2, -0.15) is 0 Å². The summed E-state index contributed by atoms with van der Waals surface area (Å²) in [7, 11) is 0. The lowest BCUT2D eigenvalue weighted by atomic mass is 10.0. The molecular weight excluding hydrogens is 336 g/mol. The number of benzene rings is 1. The van der Waals surface area contributed by atoms with Crippen LogP contribution in [0.2, 0.25) is 0 Å². The molecule has 0 spiro atoms. The van der Waals surface area contributed by atoms with Gasteiger partial charge in [0, 0.05) is 6.54 Å². The van der Waals surface area contributed by atoms with Crippen molar-refractivity contribution in [3.63, 3.8) is 0 Å². The number of hydrogen-bond acceptors (Lipinski definition) is 4. The van der Waals surface area contributed by atoms with Crippen LogP contribution in [-0.2, 0) is 11.2 Å². The van der Waals surface area contributed by atoms with E-state index in [0.29, 0.717) is 13.0 Å². The van der Waals surface area contributed by atoms with Crippen molar-refractivity contribution in [1.82, 2.24) is 10.6 Å². The number of carboxylic acid groups (broad SMARTS) is 1. The molecule has 7 nitrogen and oxygen atoms in total. The Kier molecular flexibility index (Phi) is 6.54. The van der Waals surface area contributed by atoms with E-state index >= 15 is 0 Å². The minimum Gasteiger partial charge on any atom is -0.478 e. The third-order valence-corrected chi connectivity index (χ3v) is 3.87. The summed E-state index contributed by atoms with van der Waals surface area (Å²) in [5.41, 5.74) is 1.02. The van der Waals surface area contributed by atoms with Crippen LogP contribution >= 0.6 is 0 Å². The van der Waals surface area contributed by atoms with Crippen molar-refractivity contribution in [2.45, 2.75) is 26.3 Å². The maximum atomic E-state index is 12.4. The summed E-state index contributed by atoms with van der Waals surface area (Å²) < 4.78 is 5.03. The molecule has 2 amide bonds. The largest absolute Gasteiger partial charge is 0.478 e. The van der Waals surface area contributed by atoms with Gasteiger partial charge < -0.3 is 20.2 Å². The summed E-state index contributed by atoms with van der Waals surface area (Å²) in [4.78, 5) is 35.5. The van der Waals surface area contributed by atoms with Crippen molar-refractivity contribution in [2.75, 3.05) is 6.54 Å². The van der Waals surface area contributed by atoms with E-state index in [-0.39, 0.29) is 23.1 Å². The van der Waals surface area contributed by atoms with Crippen LogP contribution in [0.15, 0.2) is 47.1 Å². The first-order chi connectivity index (χ1) is 12.4. The van der Waals surface area contributed by atoms with E-state index in [4.69, 9.17) is 9.52 Å². The lowest BCUT2D eigenvalue weighted by Gasteiger charge is -2.21. The average Bonchev–Trinajstić information content (AvgIpc) is 3.14. The molecule has 1 aromatic heterocycles. The second kappa shape index (κ2) is 8.84. The van der Waals surface area contributed by atoms with Crippen molar-refractivity contribution in [3.8, 4) is 0 Å². The Morgan fingerprint density at radius 1 is 1.15 bits per heavy atom. The third kappa shape index (κ3) is 5.20. The molecule has 1 unspecified atom stereocenters. The molecule has 7 heteroatoms. The van der Waals surface area contributed by atoms with Crippen LogP contribution in [0.3, 0.4) is 0 Å². The number of carbonyl (C=O) groups excluding carboxylic acids is 2. The van der Waals surface area contributed by atoms with Crippen molar-refractivity contribution in [3.05, 3.63) is 59.5 Å². The Bertz CT molecular complexity index is 768. The van der Waals surface area contributed by atoms with Crippen molar-refractivity contribution < 1.29 is 23.9 Å². The Labute approximate surface area is 151 Å². The van der Waals surface area contributed by atoms with Crippen LogP contribution in [0.25, 0.3) is 0 Å². The van der Waals surface area contributed by atoms with E-state index < -0.39 is 17.9 Å². The van der Waals surface area contributed by atoms with E-state index in [1.807, 2.05) is 13.8 Å². The minimum absolute atomic E-state index is 0.107. The Hall–Kier alpha value is -3.09. The smallest absolute Gasteiger partial charge is 0.335 e. The number of amides is 2.